The first kappa shape index (κ1) is 16.4. The van der Waals surface area contributed by atoms with E-state index in [4.69, 9.17) is 4.74 Å². The van der Waals surface area contributed by atoms with E-state index >= 15 is 0 Å². The quantitative estimate of drug-likeness (QED) is 0.923. The van der Waals surface area contributed by atoms with Crippen LogP contribution in [0.3, 0.4) is 0 Å². The molecule has 0 amide bonds. The minimum atomic E-state index is 0. The summed E-state index contributed by atoms with van der Waals surface area (Å²) >= 11 is 0. The highest BCUT2D eigenvalue weighted by atomic mass is 35.5. The van der Waals surface area contributed by atoms with Gasteiger partial charge in [-0.25, -0.2) is 0 Å². The van der Waals surface area contributed by atoms with Gasteiger partial charge in [0.15, 0.2) is 0 Å². The molecule has 0 bridgehead atoms. The number of ether oxygens (including phenoxy) is 1. The van der Waals surface area contributed by atoms with Crippen molar-refractivity contribution in [3.63, 3.8) is 0 Å². The summed E-state index contributed by atoms with van der Waals surface area (Å²) in [5.74, 6) is 1.33. The smallest absolute Gasteiger partial charge is 0.123 e. The van der Waals surface area contributed by atoms with Crippen molar-refractivity contribution < 1.29 is 9.84 Å². The van der Waals surface area contributed by atoms with Crippen LogP contribution in [-0.4, -0.2) is 35.7 Å². The standard InChI is InChI=1S/C17H25NO2.ClH/c1-3-9-18-10-5-8-17(4-2)14-11-13(19)6-7-15(14)20-12-16(17)18;/h6-7,11,16,19H,3-5,8-10,12H2,1-2H3;1H/t16-,17-;/m0./s1. The van der Waals surface area contributed by atoms with Crippen molar-refractivity contribution in [2.45, 2.75) is 51.0 Å². The maximum Gasteiger partial charge on any atom is 0.123 e. The van der Waals surface area contributed by atoms with Crippen LogP contribution in [0.2, 0.25) is 0 Å². The van der Waals surface area contributed by atoms with Crippen molar-refractivity contribution in [2.75, 3.05) is 19.7 Å². The normalized spacial score (nSPS) is 28.0. The molecule has 3 nitrogen and oxygen atoms in total. The van der Waals surface area contributed by atoms with Gasteiger partial charge in [0.2, 0.25) is 0 Å². The minimum absolute atomic E-state index is 0. The van der Waals surface area contributed by atoms with Crippen LogP contribution in [0.5, 0.6) is 11.5 Å². The van der Waals surface area contributed by atoms with Crippen LogP contribution in [0.1, 0.15) is 45.1 Å². The molecule has 21 heavy (non-hydrogen) atoms. The van der Waals surface area contributed by atoms with Gasteiger partial charge in [-0.3, -0.25) is 4.90 Å². The lowest BCUT2D eigenvalue weighted by atomic mass is 9.65. The average Bonchev–Trinajstić information content (AvgIpc) is 2.47. The van der Waals surface area contributed by atoms with E-state index in [1.54, 1.807) is 6.07 Å². The summed E-state index contributed by atoms with van der Waals surface area (Å²) in [7, 11) is 0. The van der Waals surface area contributed by atoms with E-state index in [1.807, 2.05) is 12.1 Å². The van der Waals surface area contributed by atoms with Crippen molar-refractivity contribution in [3.8, 4) is 11.5 Å². The monoisotopic (exact) mass is 311 g/mol. The number of nitrogens with zero attached hydrogens (tertiary/aromatic N) is 1. The van der Waals surface area contributed by atoms with Gasteiger partial charge in [-0.2, -0.15) is 0 Å². The van der Waals surface area contributed by atoms with Crippen molar-refractivity contribution >= 4 is 12.4 Å². The Balaban J connectivity index is 0.00000161. The number of benzene rings is 1. The molecule has 1 aromatic rings. The minimum Gasteiger partial charge on any atom is -0.508 e. The molecule has 2 aliphatic rings. The Hall–Kier alpha value is -0.930. The topological polar surface area (TPSA) is 32.7 Å². The Bertz CT molecular complexity index is 492. The van der Waals surface area contributed by atoms with Crippen molar-refractivity contribution in [1.29, 1.82) is 0 Å². The number of halogens is 1. The molecule has 0 aromatic heterocycles. The lowest BCUT2D eigenvalue weighted by Crippen LogP contribution is -2.59. The highest BCUT2D eigenvalue weighted by Crippen LogP contribution is 2.49. The maximum atomic E-state index is 9.89. The van der Waals surface area contributed by atoms with Crippen molar-refractivity contribution in [3.05, 3.63) is 23.8 Å². The predicted molar refractivity (Wildman–Crippen MR) is 87.7 cm³/mol. The molecule has 3 rings (SSSR count). The second kappa shape index (κ2) is 6.45. The molecule has 1 aromatic carbocycles. The molecule has 2 heterocycles. The number of likely N-dealkylation sites (tertiary alicyclic amines) is 1. The molecule has 1 fully saturated rings. The van der Waals surface area contributed by atoms with E-state index in [2.05, 4.69) is 18.7 Å². The lowest BCUT2D eigenvalue weighted by Gasteiger charge is -2.53. The number of hydrogen-bond donors (Lipinski definition) is 1. The molecule has 0 unspecified atom stereocenters. The summed E-state index contributed by atoms with van der Waals surface area (Å²) in [6.45, 7) is 7.63. The summed E-state index contributed by atoms with van der Waals surface area (Å²) in [5.41, 5.74) is 1.37. The van der Waals surface area contributed by atoms with Crippen LogP contribution in [-0.2, 0) is 5.41 Å². The molecule has 1 saturated heterocycles. The fourth-order valence-electron chi connectivity index (χ4n) is 4.21. The van der Waals surface area contributed by atoms with Crippen LogP contribution < -0.4 is 4.74 Å². The maximum absolute atomic E-state index is 9.89. The summed E-state index contributed by atoms with van der Waals surface area (Å²) in [4.78, 5) is 2.60. The number of phenolic OH excluding ortho intramolecular Hbond substituents is 1. The van der Waals surface area contributed by atoms with E-state index in [0.29, 0.717) is 11.8 Å². The molecular weight excluding hydrogens is 286 g/mol. The van der Waals surface area contributed by atoms with Crippen LogP contribution in [0.15, 0.2) is 18.2 Å². The summed E-state index contributed by atoms with van der Waals surface area (Å²) in [6.07, 6.45) is 4.73. The average molecular weight is 312 g/mol. The van der Waals surface area contributed by atoms with Gasteiger partial charge >= 0.3 is 0 Å². The fourth-order valence-corrected chi connectivity index (χ4v) is 4.21. The van der Waals surface area contributed by atoms with E-state index in [9.17, 15) is 5.11 Å². The van der Waals surface area contributed by atoms with Gasteiger partial charge in [0, 0.05) is 11.0 Å². The second-order valence-electron chi connectivity index (χ2n) is 6.16. The number of rotatable bonds is 3. The van der Waals surface area contributed by atoms with Gasteiger partial charge in [-0.15, -0.1) is 12.4 Å². The molecule has 0 spiro atoms. The number of aromatic hydroxyl groups is 1. The lowest BCUT2D eigenvalue weighted by molar-refractivity contribution is 0.0117. The number of hydrogen-bond acceptors (Lipinski definition) is 3. The molecule has 4 heteroatoms. The molecule has 0 saturated carbocycles. The van der Waals surface area contributed by atoms with Crippen LogP contribution >= 0.6 is 12.4 Å². The van der Waals surface area contributed by atoms with Gasteiger partial charge in [-0.1, -0.05) is 13.8 Å². The van der Waals surface area contributed by atoms with Crippen LogP contribution in [0.25, 0.3) is 0 Å². The van der Waals surface area contributed by atoms with Gasteiger partial charge in [-0.05, 0) is 57.0 Å². The van der Waals surface area contributed by atoms with Gasteiger partial charge in [0.05, 0.1) is 6.04 Å². The van der Waals surface area contributed by atoms with Gasteiger partial charge in [0.1, 0.15) is 18.1 Å². The highest BCUT2D eigenvalue weighted by Gasteiger charge is 2.48. The Morgan fingerprint density at radius 3 is 2.90 bits per heavy atom. The zero-order chi connectivity index (χ0) is 14.2. The molecule has 1 N–H and O–H groups in total. The molecule has 2 atom stereocenters. The SMILES string of the molecule is CCCN1CCC[C@@]2(CC)c3cc(O)ccc3OC[C@H]12.Cl. The van der Waals surface area contributed by atoms with E-state index in [1.165, 1.54) is 31.4 Å². The summed E-state index contributed by atoms with van der Waals surface area (Å²) < 4.78 is 6.00. The first-order valence-electron chi connectivity index (χ1n) is 7.91. The Morgan fingerprint density at radius 2 is 2.19 bits per heavy atom. The van der Waals surface area contributed by atoms with Crippen molar-refractivity contribution in [2.24, 2.45) is 0 Å². The Labute approximate surface area is 133 Å². The predicted octanol–water partition coefficient (Wildman–Crippen LogP) is 3.73. The molecule has 118 valence electrons. The third-order valence-electron chi connectivity index (χ3n) is 5.18. The van der Waals surface area contributed by atoms with E-state index in [-0.39, 0.29) is 17.8 Å². The zero-order valence-electron chi connectivity index (χ0n) is 13.0. The van der Waals surface area contributed by atoms with Crippen molar-refractivity contribution in [1.82, 2.24) is 4.90 Å². The van der Waals surface area contributed by atoms with Crippen LogP contribution in [0.4, 0.5) is 0 Å². The van der Waals surface area contributed by atoms with E-state index in [0.717, 1.165) is 25.3 Å². The van der Waals surface area contributed by atoms with Gasteiger partial charge < -0.3 is 9.84 Å². The third-order valence-corrected chi connectivity index (χ3v) is 5.18. The first-order valence-corrected chi connectivity index (χ1v) is 7.91. The zero-order valence-corrected chi connectivity index (χ0v) is 13.8. The number of phenols is 1. The fraction of sp³-hybridized carbons (Fsp3) is 0.647. The molecular formula is C17H26ClNO2. The Kier molecular flexibility index (Phi) is 5.05. The first-order chi connectivity index (χ1) is 9.71. The van der Waals surface area contributed by atoms with Crippen LogP contribution in [0, 0.1) is 0 Å². The number of piperidine rings is 1. The largest absolute Gasteiger partial charge is 0.508 e. The Morgan fingerprint density at radius 1 is 1.38 bits per heavy atom. The van der Waals surface area contributed by atoms with E-state index < -0.39 is 0 Å². The highest BCUT2D eigenvalue weighted by molar-refractivity contribution is 5.85. The second-order valence-corrected chi connectivity index (χ2v) is 6.16. The summed E-state index contributed by atoms with van der Waals surface area (Å²) in [6, 6.07) is 6.04. The third kappa shape index (κ3) is 2.62. The molecule has 2 aliphatic heterocycles. The summed E-state index contributed by atoms with van der Waals surface area (Å²) in [5, 5.41) is 9.89. The van der Waals surface area contributed by atoms with Gasteiger partial charge in [0.25, 0.3) is 0 Å². The molecule has 0 aliphatic carbocycles. The number of fused-ring (bicyclic) bond motifs is 3. The molecule has 0 radical (unpaired) electrons.